The Morgan fingerprint density at radius 1 is 1.33 bits per heavy atom. The number of anilines is 1. The van der Waals surface area contributed by atoms with Gasteiger partial charge in [-0.2, -0.15) is 18.3 Å². The van der Waals surface area contributed by atoms with E-state index in [0.29, 0.717) is 36.6 Å². The van der Waals surface area contributed by atoms with E-state index >= 15 is 0 Å². The molecule has 0 aliphatic carbocycles. The van der Waals surface area contributed by atoms with E-state index in [1.54, 1.807) is 18.2 Å². The number of fused-ring (bicyclic) bond motifs is 1. The number of hydrogen-bond acceptors (Lipinski definition) is 6. The van der Waals surface area contributed by atoms with Crippen LogP contribution in [0.4, 0.5) is 27.8 Å². The summed E-state index contributed by atoms with van der Waals surface area (Å²) in [6, 6.07) is 4.99. The van der Waals surface area contributed by atoms with Crippen molar-refractivity contribution in [3.8, 4) is 0 Å². The van der Waals surface area contributed by atoms with Crippen molar-refractivity contribution in [3.05, 3.63) is 30.1 Å². The van der Waals surface area contributed by atoms with Gasteiger partial charge in [-0.15, -0.1) is 0 Å². The molecule has 180 valence electrons. The van der Waals surface area contributed by atoms with E-state index in [-0.39, 0.29) is 25.2 Å². The second-order valence-electron chi connectivity index (χ2n) is 7.57. The lowest BCUT2D eigenvalue weighted by atomic mass is 10.0. The van der Waals surface area contributed by atoms with Gasteiger partial charge in [0.2, 0.25) is 0 Å². The topological polar surface area (TPSA) is 100 Å². The van der Waals surface area contributed by atoms with Crippen LogP contribution in [-0.4, -0.2) is 64.6 Å². The molecule has 0 saturated carbocycles. The molecule has 2 aromatic rings. The standard InChI is InChI=1S/C20H24F5N7O/c1-31-10-13(17(30-31)20(23,24)25)19(33)28-12(7-8-26)4-3-9-27-15-5-2-6-16-29-14(18(21)22)11-32(15)16/h2,5-6,11,13,18,27H,3-4,7-10,26H2,1H3. The molecule has 1 aliphatic rings. The molecule has 33 heavy (non-hydrogen) atoms. The number of hydrazone groups is 1. The number of rotatable bonds is 9. The Kier molecular flexibility index (Phi) is 7.61. The minimum Gasteiger partial charge on any atom is -0.371 e. The molecule has 0 saturated heterocycles. The average molecular weight is 473 g/mol. The van der Waals surface area contributed by atoms with Crippen LogP contribution < -0.4 is 11.1 Å². The first-order valence-electron chi connectivity index (χ1n) is 10.3. The minimum atomic E-state index is -4.71. The Morgan fingerprint density at radius 3 is 2.76 bits per heavy atom. The lowest BCUT2D eigenvalue weighted by Crippen LogP contribution is -2.34. The van der Waals surface area contributed by atoms with Crippen LogP contribution in [0.25, 0.3) is 5.65 Å². The van der Waals surface area contributed by atoms with Gasteiger partial charge in [-0.3, -0.25) is 14.2 Å². The summed E-state index contributed by atoms with van der Waals surface area (Å²) >= 11 is 0. The number of alkyl halides is 5. The smallest absolute Gasteiger partial charge is 0.371 e. The van der Waals surface area contributed by atoms with Crippen molar-refractivity contribution in [2.75, 3.05) is 32.0 Å². The average Bonchev–Trinajstić information content (AvgIpc) is 3.35. The highest BCUT2D eigenvalue weighted by Gasteiger charge is 2.47. The third kappa shape index (κ3) is 6.03. The van der Waals surface area contributed by atoms with E-state index in [1.807, 2.05) is 0 Å². The van der Waals surface area contributed by atoms with Crippen LogP contribution >= 0.6 is 0 Å². The molecule has 13 heteroatoms. The van der Waals surface area contributed by atoms with Crippen molar-refractivity contribution in [2.24, 2.45) is 21.7 Å². The SMILES string of the molecule is CN1CC(C(=O)N=C(CCN)CCCNc2cccc3nc(C(F)F)cn23)C(C(F)(F)F)=N1. The fraction of sp³-hybridized carbons (Fsp3) is 0.500. The van der Waals surface area contributed by atoms with Gasteiger partial charge in [0.25, 0.3) is 12.3 Å². The molecule has 3 heterocycles. The van der Waals surface area contributed by atoms with Gasteiger partial charge in [0.1, 0.15) is 23.1 Å². The summed E-state index contributed by atoms with van der Waals surface area (Å²) in [5.74, 6) is -1.81. The van der Waals surface area contributed by atoms with Crippen LogP contribution in [0.3, 0.4) is 0 Å². The van der Waals surface area contributed by atoms with Gasteiger partial charge < -0.3 is 11.1 Å². The number of nitrogens with zero attached hydrogens (tertiary/aromatic N) is 5. The lowest BCUT2D eigenvalue weighted by molar-refractivity contribution is -0.121. The van der Waals surface area contributed by atoms with E-state index in [4.69, 9.17) is 5.73 Å². The first kappa shape index (κ1) is 24.6. The predicted octanol–water partition coefficient (Wildman–Crippen LogP) is 3.26. The zero-order chi connectivity index (χ0) is 24.2. The lowest BCUT2D eigenvalue weighted by Gasteiger charge is -2.13. The molecular formula is C20H24F5N7O. The third-order valence-electron chi connectivity index (χ3n) is 5.03. The molecule has 8 nitrogen and oxygen atoms in total. The number of carbonyl (C=O) groups excluding carboxylic acids is 1. The van der Waals surface area contributed by atoms with Crippen molar-refractivity contribution in [2.45, 2.75) is 31.9 Å². The maximum absolute atomic E-state index is 13.2. The van der Waals surface area contributed by atoms with Gasteiger partial charge in [0.15, 0.2) is 5.71 Å². The first-order chi connectivity index (χ1) is 15.6. The molecule has 1 atom stereocenters. The van der Waals surface area contributed by atoms with E-state index in [2.05, 4.69) is 20.4 Å². The Labute approximate surface area is 186 Å². The molecule has 1 aliphatic heterocycles. The zero-order valence-corrected chi connectivity index (χ0v) is 17.8. The van der Waals surface area contributed by atoms with E-state index in [1.165, 1.54) is 17.6 Å². The van der Waals surface area contributed by atoms with Crippen LogP contribution in [0.15, 0.2) is 34.5 Å². The number of aromatic nitrogens is 2. The number of nitrogens with two attached hydrogens (primary N) is 1. The maximum atomic E-state index is 13.2. The number of pyridine rings is 1. The second kappa shape index (κ2) is 10.2. The van der Waals surface area contributed by atoms with Crippen LogP contribution in [0.1, 0.15) is 31.4 Å². The fourth-order valence-corrected chi connectivity index (χ4v) is 3.52. The molecular weight excluding hydrogens is 449 g/mol. The van der Waals surface area contributed by atoms with Gasteiger partial charge in [-0.25, -0.2) is 18.8 Å². The highest BCUT2D eigenvalue weighted by molar-refractivity contribution is 6.11. The van der Waals surface area contributed by atoms with E-state index in [0.717, 1.165) is 5.01 Å². The molecule has 3 N–H and O–H groups in total. The third-order valence-corrected chi connectivity index (χ3v) is 5.03. The maximum Gasteiger partial charge on any atom is 0.432 e. The summed E-state index contributed by atoms with van der Waals surface area (Å²) in [6.07, 6.45) is -5.06. The molecule has 0 aromatic carbocycles. The number of amides is 1. The number of nitrogens with one attached hydrogen (secondary N) is 1. The molecule has 1 amide bonds. The van der Waals surface area contributed by atoms with Gasteiger partial charge in [0.05, 0.1) is 6.54 Å². The molecule has 1 unspecified atom stereocenters. The van der Waals surface area contributed by atoms with Crippen LogP contribution in [0.2, 0.25) is 0 Å². The Morgan fingerprint density at radius 2 is 2.09 bits per heavy atom. The zero-order valence-electron chi connectivity index (χ0n) is 17.8. The number of carbonyl (C=O) groups is 1. The molecule has 0 spiro atoms. The highest BCUT2D eigenvalue weighted by Crippen LogP contribution is 2.28. The fourth-order valence-electron chi connectivity index (χ4n) is 3.52. The molecule has 0 radical (unpaired) electrons. The van der Waals surface area contributed by atoms with Crippen molar-refractivity contribution in [1.82, 2.24) is 14.4 Å². The van der Waals surface area contributed by atoms with Crippen LogP contribution in [-0.2, 0) is 4.79 Å². The summed E-state index contributed by atoms with van der Waals surface area (Å²) < 4.78 is 66.8. The van der Waals surface area contributed by atoms with Crippen molar-refractivity contribution >= 4 is 28.8 Å². The van der Waals surface area contributed by atoms with Gasteiger partial charge >= 0.3 is 6.18 Å². The van der Waals surface area contributed by atoms with Crippen LogP contribution in [0, 0.1) is 5.92 Å². The summed E-state index contributed by atoms with van der Waals surface area (Å²) in [6.45, 7) is 0.403. The van der Waals surface area contributed by atoms with E-state index in [9.17, 15) is 26.7 Å². The first-order valence-corrected chi connectivity index (χ1v) is 10.3. The molecule has 0 fully saturated rings. The summed E-state index contributed by atoms with van der Waals surface area (Å²) in [4.78, 5) is 20.3. The van der Waals surface area contributed by atoms with Crippen LogP contribution in [0.5, 0.6) is 0 Å². The second-order valence-corrected chi connectivity index (χ2v) is 7.57. The monoisotopic (exact) mass is 473 g/mol. The largest absolute Gasteiger partial charge is 0.432 e. The van der Waals surface area contributed by atoms with Crippen molar-refractivity contribution in [3.63, 3.8) is 0 Å². The number of imidazole rings is 1. The summed E-state index contributed by atoms with van der Waals surface area (Å²) in [5.41, 5.74) is 4.86. The molecule has 2 aromatic heterocycles. The highest BCUT2D eigenvalue weighted by atomic mass is 19.4. The van der Waals surface area contributed by atoms with Crippen molar-refractivity contribution < 1.29 is 26.7 Å². The Bertz CT molecular complexity index is 1050. The van der Waals surface area contributed by atoms with Gasteiger partial charge in [0, 0.05) is 25.5 Å². The van der Waals surface area contributed by atoms with Gasteiger partial charge in [-0.05, 0) is 37.9 Å². The Balaban J connectivity index is 1.62. The van der Waals surface area contributed by atoms with Gasteiger partial charge in [-0.1, -0.05) is 6.07 Å². The minimum absolute atomic E-state index is 0.190. The van der Waals surface area contributed by atoms with E-state index < -0.39 is 30.1 Å². The molecule has 3 rings (SSSR count). The number of halogens is 5. The molecule has 0 bridgehead atoms. The normalized spacial score (nSPS) is 17.2. The Hall–Kier alpha value is -3.09. The summed E-state index contributed by atoms with van der Waals surface area (Å²) in [5, 5.41) is 7.59. The quantitative estimate of drug-likeness (QED) is 0.331. The summed E-state index contributed by atoms with van der Waals surface area (Å²) in [7, 11) is 1.36. The van der Waals surface area contributed by atoms with Crippen molar-refractivity contribution in [1.29, 1.82) is 0 Å². The number of aliphatic imine (C=N–C) groups is 1. The predicted molar refractivity (Wildman–Crippen MR) is 114 cm³/mol. The number of hydrogen-bond donors (Lipinski definition) is 2.